The molecule has 3 rings (SSSR count). The minimum Gasteiger partial charge on any atom is -0.474 e. The van der Waals surface area contributed by atoms with Crippen molar-refractivity contribution in [3.8, 4) is 17.3 Å². The van der Waals surface area contributed by atoms with Crippen LogP contribution in [-0.2, 0) is 0 Å². The van der Waals surface area contributed by atoms with Gasteiger partial charge in [0.15, 0.2) is 5.82 Å². The average Bonchev–Trinajstić information content (AvgIpc) is 2.56. The number of nitrogens with one attached hydrogen (secondary N) is 1. The number of hydrogen-bond acceptors (Lipinski definition) is 5. The van der Waals surface area contributed by atoms with Gasteiger partial charge < -0.3 is 10.2 Å². The van der Waals surface area contributed by atoms with Gasteiger partial charge in [-0.15, -0.1) is 0 Å². The first-order valence-corrected chi connectivity index (χ1v) is 7.43. The van der Waals surface area contributed by atoms with E-state index >= 15 is 0 Å². The van der Waals surface area contributed by atoms with E-state index in [9.17, 15) is 0 Å². The maximum atomic E-state index is 6.01. The molecule has 0 radical (unpaired) electrons. The first kappa shape index (κ1) is 13.8. The molecule has 1 fully saturated rings. The van der Waals surface area contributed by atoms with Crippen molar-refractivity contribution >= 4 is 5.82 Å². The zero-order valence-corrected chi connectivity index (χ0v) is 12.0. The summed E-state index contributed by atoms with van der Waals surface area (Å²) >= 11 is 0. The quantitative estimate of drug-likeness (QED) is 0.666. The Bertz CT molecular complexity index is 582. The van der Waals surface area contributed by atoms with Gasteiger partial charge in [-0.25, -0.2) is 10.8 Å². The van der Waals surface area contributed by atoms with Gasteiger partial charge in [0.2, 0.25) is 5.88 Å². The van der Waals surface area contributed by atoms with E-state index in [0.29, 0.717) is 17.5 Å². The molecule has 0 aliphatic heterocycles. The molecule has 0 atom stereocenters. The molecule has 1 saturated carbocycles. The third-order valence-corrected chi connectivity index (χ3v) is 3.72. The van der Waals surface area contributed by atoms with Crippen molar-refractivity contribution in [3.63, 3.8) is 0 Å². The van der Waals surface area contributed by atoms with E-state index in [4.69, 9.17) is 10.6 Å². The van der Waals surface area contributed by atoms with Crippen molar-refractivity contribution in [2.45, 2.75) is 38.2 Å². The third-order valence-electron chi connectivity index (χ3n) is 3.72. The fourth-order valence-corrected chi connectivity index (χ4v) is 2.63. The van der Waals surface area contributed by atoms with Crippen LogP contribution in [0.1, 0.15) is 32.1 Å². The van der Waals surface area contributed by atoms with E-state index in [-0.39, 0.29) is 6.10 Å². The van der Waals surface area contributed by atoms with Gasteiger partial charge in [-0.1, -0.05) is 36.8 Å². The summed E-state index contributed by atoms with van der Waals surface area (Å²) in [6, 6.07) is 11.6. The van der Waals surface area contributed by atoms with E-state index in [0.717, 1.165) is 18.4 Å². The van der Waals surface area contributed by atoms with E-state index in [1.165, 1.54) is 19.3 Å². The fourth-order valence-electron chi connectivity index (χ4n) is 2.63. The molecule has 1 aromatic heterocycles. The standard InChI is InChI=1S/C16H20N4O/c17-20-14-11-15(21-13-9-5-2-6-10-13)19-16(18-14)12-7-3-1-4-8-12/h1,3-4,7-8,11,13H,2,5-6,9-10,17H2,(H,18,19,20). The highest BCUT2D eigenvalue weighted by Gasteiger charge is 2.16. The van der Waals surface area contributed by atoms with E-state index in [1.807, 2.05) is 30.3 Å². The number of nitrogens with two attached hydrogens (primary N) is 1. The number of aromatic nitrogens is 2. The molecule has 1 aromatic carbocycles. The Morgan fingerprint density at radius 2 is 1.81 bits per heavy atom. The minimum atomic E-state index is 0.253. The lowest BCUT2D eigenvalue weighted by molar-refractivity contribution is 0.149. The molecule has 110 valence electrons. The normalized spacial score (nSPS) is 15.7. The van der Waals surface area contributed by atoms with E-state index < -0.39 is 0 Å². The predicted octanol–water partition coefficient (Wildman–Crippen LogP) is 3.14. The number of ether oxygens (including phenoxy) is 1. The van der Waals surface area contributed by atoms with Gasteiger partial charge in [-0.05, 0) is 25.7 Å². The Hall–Kier alpha value is -2.14. The first-order chi connectivity index (χ1) is 10.3. The van der Waals surface area contributed by atoms with Crippen molar-refractivity contribution < 1.29 is 4.74 Å². The zero-order chi connectivity index (χ0) is 14.5. The lowest BCUT2D eigenvalue weighted by Crippen LogP contribution is -2.20. The van der Waals surface area contributed by atoms with Gasteiger partial charge in [-0.3, -0.25) is 0 Å². The van der Waals surface area contributed by atoms with Crippen LogP contribution in [-0.4, -0.2) is 16.1 Å². The summed E-state index contributed by atoms with van der Waals surface area (Å²) in [5.74, 6) is 7.28. The molecule has 1 aliphatic carbocycles. The third kappa shape index (κ3) is 3.49. The summed E-state index contributed by atoms with van der Waals surface area (Å²) in [6.07, 6.45) is 6.19. The van der Waals surface area contributed by atoms with Crippen LogP contribution in [0.15, 0.2) is 36.4 Å². The van der Waals surface area contributed by atoms with Gasteiger partial charge in [0.05, 0.1) is 0 Å². The average molecular weight is 284 g/mol. The zero-order valence-electron chi connectivity index (χ0n) is 12.0. The summed E-state index contributed by atoms with van der Waals surface area (Å²) < 4.78 is 6.01. The summed E-state index contributed by atoms with van der Waals surface area (Å²) in [6.45, 7) is 0. The highest BCUT2D eigenvalue weighted by atomic mass is 16.5. The highest BCUT2D eigenvalue weighted by molar-refractivity contribution is 5.57. The van der Waals surface area contributed by atoms with Crippen LogP contribution in [0.3, 0.4) is 0 Å². The SMILES string of the molecule is NNc1cc(OC2CCCCC2)nc(-c2ccccc2)n1. The van der Waals surface area contributed by atoms with E-state index in [2.05, 4.69) is 15.4 Å². The van der Waals surface area contributed by atoms with Crippen LogP contribution in [0.2, 0.25) is 0 Å². The molecule has 1 heterocycles. The lowest BCUT2D eigenvalue weighted by atomic mass is 9.98. The summed E-state index contributed by atoms with van der Waals surface area (Å²) in [7, 11) is 0. The molecule has 5 heteroatoms. The molecule has 0 amide bonds. The summed E-state index contributed by atoms with van der Waals surface area (Å²) in [4.78, 5) is 8.90. The molecular formula is C16H20N4O. The molecule has 21 heavy (non-hydrogen) atoms. The van der Waals surface area contributed by atoms with Crippen molar-refractivity contribution in [2.75, 3.05) is 5.43 Å². The van der Waals surface area contributed by atoms with E-state index in [1.54, 1.807) is 6.07 Å². The van der Waals surface area contributed by atoms with Gasteiger partial charge in [0, 0.05) is 11.6 Å². The number of hydrogen-bond donors (Lipinski definition) is 2. The van der Waals surface area contributed by atoms with Crippen LogP contribution in [0, 0.1) is 0 Å². The molecule has 0 spiro atoms. The van der Waals surface area contributed by atoms with Gasteiger partial charge in [0.1, 0.15) is 11.9 Å². The van der Waals surface area contributed by atoms with Gasteiger partial charge >= 0.3 is 0 Å². The van der Waals surface area contributed by atoms with Crippen molar-refractivity contribution in [1.29, 1.82) is 0 Å². The van der Waals surface area contributed by atoms with Gasteiger partial charge in [0.25, 0.3) is 0 Å². The van der Waals surface area contributed by atoms with Crippen LogP contribution in [0.5, 0.6) is 5.88 Å². The Morgan fingerprint density at radius 3 is 2.52 bits per heavy atom. The Morgan fingerprint density at radius 1 is 1.05 bits per heavy atom. The number of anilines is 1. The van der Waals surface area contributed by atoms with Crippen LogP contribution < -0.4 is 16.0 Å². The van der Waals surface area contributed by atoms with Crippen molar-refractivity contribution in [1.82, 2.24) is 9.97 Å². The number of benzene rings is 1. The number of rotatable bonds is 4. The Labute approximate surface area is 124 Å². The molecule has 2 aromatic rings. The topological polar surface area (TPSA) is 73.1 Å². The van der Waals surface area contributed by atoms with Crippen molar-refractivity contribution in [3.05, 3.63) is 36.4 Å². The fraction of sp³-hybridized carbons (Fsp3) is 0.375. The molecule has 5 nitrogen and oxygen atoms in total. The maximum Gasteiger partial charge on any atom is 0.219 e. The minimum absolute atomic E-state index is 0.253. The molecule has 3 N–H and O–H groups in total. The molecule has 1 aliphatic rings. The molecule has 0 unspecified atom stereocenters. The lowest BCUT2D eigenvalue weighted by Gasteiger charge is -2.22. The Kier molecular flexibility index (Phi) is 4.31. The second-order valence-electron chi connectivity index (χ2n) is 5.30. The second-order valence-corrected chi connectivity index (χ2v) is 5.30. The smallest absolute Gasteiger partial charge is 0.219 e. The van der Waals surface area contributed by atoms with Gasteiger partial charge in [-0.2, -0.15) is 4.98 Å². The molecular weight excluding hydrogens is 264 g/mol. The maximum absolute atomic E-state index is 6.01. The first-order valence-electron chi connectivity index (χ1n) is 7.43. The Balaban J connectivity index is 1.86. The van der Waals surface area contributed by atoms with Crippen LogP contribution >= 0.6 is 0 Å². The highest BCUT2D eigenvalue weighted by Crippen LogP contribution is 2.25. The predicted molar refractivity (Wildman–Crippen MR) is 82.8 cm³/mol. The molecule has 0 saturated heterocycles. The number of hydrazine groups is 1. The van der Waals surface area contributed by atoms with Crippen LogP contribution in [0.25, 0.3) is 11.4 Å². The van der Waals surface area contributed by atoms with Crippen LogP contribution in [0.4, 0.5) is 5.82 Å². The molecule has 0 bridgehead atoms. The summed E-state index contributed by atoms with van der Waals surface area (Å²) in [5.41, 5.74) is 3.53. The number of nitrogens with zero attached hydrogens (tertiary/aromatic N) is 2. The second kappa shape index (κ2) is 6.54. The van der Waals surface area contributed by atoms with Crippen molar-refractivity contribution in [2.24, 2.45) is 5.84 Å². The number of nitrogen functional groups attached to an aromatic ring is 1. The summed E-state index contributed by atoms with van der Waals surface area (Å²) in [5, 5.41) is 0. The largest absolute Gasteiger partial charge is 0.474 e. The monoisotopic (exact) mass is 284 g/mol.